The van der Waals surface area contributed by atoms with Crippen molar-refractivity contribution in [3.63, 3.8) is 0 Å². The minimum atomic E-state index is -0.659. The molecular weight excluding hydrogens is 342 g/mol. The van der Waals surface area contributed by atoms with Crippen LogP contribution in [-0.2, 0) is 0 Å². The molecule has 2 aromatic carbocycles. The number of hydrogen-bond acceptors (Lipinski definition) is 6. The Labute approximate surface area is 147 Å². The lowest BCUT2D eigenvalue weighted by atomic mass is 10.1. The van der Waals surface area contributed by atoms with Crippen LogP contribution in [0.25, 0.3) is 11.4 Å². The summed E-state index contributed by atoms with van der Waals surface area (Å²) in [7, 11) is 0. The molecule has 25 heavy (non-hydrogen) atoms. The molecule has 0 spiro atoms. The number of nitrogens with zero attached hydrogens (tertiary/aromatic N) is 4. The zero-order chi connectivity index (χ0) is 18.0. The van der Waals surface area contributed by atoms with Gasteiger partial charge in [-0.3, -0.25) is 10.1 Å². The van der Waals surface area contributed by atoms with Crippen LogP contribution >= 0.6 is 12.2 Å². The molecule has 0 radical (unpaired) electrons. The van der Waals surface area contributed by atoms with Gasteiger partial charge in [-0.05, 0) is 31.3 Å². The molecule has 0 aliphatic heterocycles. The van der Waals surface area contributed by atoms with E-state index in [4.69, 9.17) is 12.2 Å². The summed E-state index contributed by atoms with van der Waals surface area (Å²) in [6.45, 7) is 1.98. The average Bonchev–Trinajstić information content (AvgIpc) is 2.95. The number of phenolic OH excluding ortho intramolecular Hbond substituents is 1. The van der Waals surface area contributed by atoms with Crippen molar-refractivity contribution in [2.75, 3.05) is 0 Å². The predicted octanol–water partition coefficient (Wildman–Crippen LogP) is 3.41. The topological polar surface area (TPSA) is 109 Å². The minimum Gasteiger partial charge on any atom is -0.502 e. The van der Waals surface area contributed by atoms with E-state index < -0.39 is 16.4 Å². The third kappa shape index (κ3) is 3.45. The molecule has 0 bridgehead atoms. The van der Waals surface area contributed by atoms with Crippen molar-refractivity contribution in [1.82, 2.24) is 14.9 Å². The molecule has 0 amide bonds. The Balaban J connectivity index is 1.99. The maximum absolute atomic E-state index is 10.9. The van der Waals surface area contributed by atoms with Gasteiger partial charge in [0.1, 0.15) is 0 Å². The van der Waals surface area contributed by atoms with Crippen LogP contribution in [0.1, 0.15) is 11.1 Å². The van der Waals surface area contributed by atoms with Crippen LogP contribution in [0.2, 0.25) is 0 Å². The standard InChI is InChI=1S/C16H13N5O3S/c1-10-2-5-12(6-3-10)15-18-19-16(25)20(15)17-9-11-4-7-14(22)13(8-11)21(23)24/h2-9,22H,1H3,(H,19,25)/b17-9+. The SMILES string of the molecule is Cc1ccc(-c2n[nH]c(=S)n2/N=C/c2ccc(O)c([N+](=O)[O-])c2)cc1. The van der Waals surface area contributed by atoms with E-state index in [0.717, 1.165) is 11.1 Å². The monoisotopic (exact) mass is 355 g/mol. The van der Waals surface area contributed by atoms with Crippen molar-refractivity contribution in [2.24, 2.45) is 5.10 Å². The molecule has 0 aliphatic rings. The number of nitrogens with one attached hydrogen (secondary N) is 1. The van der Waals surface area contributed by atoms with Crippen molar-refractivity contribution in [3.05, 3.63) is 68.5 Å². The Morgan fingerprint density at radius 2 is 2.04 bits per heavy atom. The van der Waals surface area contributed by atoms with Crippen molar-refractivity contribution < 1.29 is 10.0 Å². The normalized spacial score (nSPS) is 11.1. The predicted molar refractivity (Wildman–Crippen MR) is 95.3 cm³/mol. The van der Waals surface area contributed by atoms with E-state index in [0.29, 0.717) is 16.2 Å². The van der Waals surface area contributed by atoms with Crippen LogP contribution in [0.5, 0.6) is 5.75 Å². The van der Waals surface area contributed by atoms with Gasteiger partial charge in [-0.1, -0.05) is 29.8 Å². The van der Waals surface area contributed by atoms with Gasteiger partial charge in [0.05, 0.1) is 11.1 Å². The Hall–Kier alpha value is -3.33. The number of rotatable bonds is 4. The second-order valence-corrected chi connectivity index (χ2v) is 5.67. The van der Waals surface area contributed by atoms with Crippen LogP contribution in [0.3, 0.4) is 0 Å². The number of aryl methyl sites for hydroxylation is 1. The minimum absolute atomic E-state index is 0.292. The maximum atomic E-state index is 10.9. The van der Waals surface area contributed by atoms with Gasteiger partial charge in [-0.25, -0.2) is 5.10 Å². The molecule has 2 N–H and O–H groups in total. The molecule has 0 aliphatic carbocycles. The molecule has 3 rings (SSSR count). The number of aromatic amines is 1. The van der Waals surface area contributed by atoms with Gasteiger partial charge in [0.15, 0.2) is 11.6 Å². The quantitative estimate of drug-likeness (QED) is 0.322. The average molecular weight is 355 g/mol. The molecule has 1 aromatic heterocycles. The molecule has 0 saturated heterocycles. The summed E-state index contributed by atoms with van der Waals surface area (Å²) in [6.07, 6.45) is 1.41. The van der Waals surface area contributed by atoms with Gasteiger partial charge in [-0.2, -0.15) is 14.9 Å². The number of hydrogen-bond donors (Lipinski definition) is 2. The first kappa shape index (κ1) is 16.5. The molecule has 0 fully saturated rings. The lowest BCUT2D eigenvalue weighted by Gasteiger charge is -2.02. The van der Waals surface area contributed by atoms with Crippen LogP contribution in [0.15, 0.2) is 47.6 Å². The lowest BCUT2D eigenvalue weighted by Crippen LogP contribution is -1.96. The van der Waals surface area contributed by atoms with E-state index in [1.165, 1.54) is 29.1 Å². The third-order valence-electron chi connectivity index (χ3n) is 3.48. The van der Waals surface area contributed by atoms with E-state index in [9.17, 15) is 15.2 Å². The molecule has 1 heterocycles. The smallest absolute Gasteiger partial charge is 0.311 e. The molecule has 3 aromatic rings. The summed E-state index contributed by atoms with van der Waals surface area (Å²) in [6, 6.07) is 11.7. The highest BCUT2D eigenvalue weighted by Crippen LogP contribution is 2.25. The second-order valence-electron chi connectivity index (χ2n) is 5.28. The zero-order valence-electron chi connectivity index (χ0n) is 13.1. The van der Waals surface area contributed by atoms with Crippen molar-refractivity contribution in [2.45, 2.75) is 6.92 Å². The van der Waals surface area contributed by atoms with Crippen molar-refractivity contribution in [3.8, 4) is 17.1 Å². The molecule has 9 heteroatoms. The molecule has 126 valence electrons. The number of aromatic nitrogens is 3. The fourth-order valence-electron chi connectivity index (χ4n) is 2.18. The summed E-state index contributed by atoms with van der Waals surface area (Å²) in [4.78, 5) is 10.2. The van der Waals surface area contributed by atoms with Gasteiger partial charge >= 0.3 is 5.69 Å². The second kappa shape index (κ2) is 6.65. The van der Waals surface area contributed by atoms with Crippen LogP contribution in [-0.4, -0.2) is 31.1 Å². The largest absolute Gasteiger partial charge is 0.502 e. The fourth-order valence-corrected chi connectivity index (χ4v) is 2.36. The number of nitro groups is 1. The summed E-state index contributed by atoms with van der Waals surface area (Å²) >= 11 is 5.19. The van der Waals surface area contributed by atoms with Gasteiger partial charge in [0, 0.05) is 17.2 Å². The molecular formula is C16H13N5O3S. The van der Waals surface area contributed by atoms with Crippen LogP contribution in [0, 0.1) is 21.8 Å². The molecule has 0 saturated carbocycles. The zero-order valence-corrected chi connectivity index (χ0v) is 13.9. The fraction of sp³-hybridized carbons (Fsp3) is 0.0625. The Bertz CT molecular complexity index is 1020. The van der Waals surface area contributed by atoms with Gasteiger partial charge in [0.25, 0.3) is 0 Å². The highest BCUT2D eigenvalue weighted by molar-refractivity contribution is 7.71. The highest BCUT2D eigenvalue weighted by Gasteiger charge is 2.13. The number of benzene rings is 2. The van der Waals surface area contributed by atoms with E-state index in [1.807, 2.05) is 31.2 Å². The highest BCUT2D eigenvalue weighted by atomic mass is 32.1. The van der Waals surface area contributed by atoms with Crippen LogP contribution < -0.4 is 0 Å². The first-order valence-corrected chi connectivity index (χ1v) is 7.63. The van der Waals surface area contributed by atoms with Crippen molar-refractivity contribution in [1.29, 1.82) is 0 Å². The lowest BCUT2D eigenvalue weighted by molar-refractivity contribution is -0.385. The van der Waals surface area contributed by atoms with E-state index in [2.05, 4.69) is 15.3 Å². The summed E-state index contributed by atoms with van der Waals surface area (Å²) in [5.74, 6) is 0.122. The van der Waals surface area contributed by atoms with Crippen LogP contribution in [0.4, 0.5) is 5.69 Å². The first-order chi connectivity index (χ1) is 12.0. The molecule has 0 unspecified atom stereocenters. The summed E-state index contributed by atoms with van der Waals surface area (Å²) < 4.78 is 1.72. The maximum Gasteiger partial charge on any atom is 0.311 e. The third-order valence-corrected chi connectivity index (χ3v) is 3.74. The summed E-state index contributed by atoms with van der Waals surface area (Å²) in [5, 5.41) is 31.5. The Kier molecular flexibility index (Phi) is 4.40. The Morgan fingerprint density at radius 1 is 1.32 bits per heavy atom. The number of H-pyrrole nitrogens is 1. The number of phenols is 1. The summed E-state index contributed by atoms with van der Waals surface area (Å²) in [5.41, 5.74) is 2.00. The van der Waals surface area contributed by atoms with E-state index in [1.54, 1.807) is 0 Å². The molecule has 8 nitrogen and oxygen atoms in total. The molecule has 0 atom stereocenters. The van der Waals surface area contributed by atoms with Gasteiger partial charge in [-0.15, -0.1) is 0 Å². The Morgan fingerprint density at radius 3 is 2.72 bits per heavy atom. The van der Waals surface area contributed by atoms with Gasteiger partial charge < -0.3 is 5.11 Å². The van der Waals surface area contributed by atoms with E-state index in [-0.39, 0.29) is 0 Å². The number of aromatic hydroxyl groups is 1. The number of nitro benzene ring substituents is 1. The van der Waals surface area contributed by atoms with Gasteiger partial charge in [0.2, 0.25) is 4.77 Å². The van der Waals surface area contributed by atoms with E-state index >= 15 is 0 Å². The van der Waals surface area contributed by atoms with Crippen molar-refractivity contribution >= 4 is 24.1 Å². The first-order valence-electron chi connectivity index (χ1n) is 7.22.